The molecule has 6 aromatic rings. The van der Waals surface area contributed by atoms with E-state index < -0.39 is 145 Å². The number of thioether (sulfide) groups is 2. The Kier molecular flexibility index (Phi) is 33.2. The number of benzene rings is 5. The van der Waals surface area contributed by atoms with Crippen molar-refractivity contribution in [3.8, 4) is 5.75 Å². The first-order valence-electron chi connectivity index (χ1n) is 37.1. The van der Waals surface area contributed by atoms with Gasteiger partial charge in [0.25, 0.3) is 0 Å². The van der Waals surface area contributed by atoms with Crippen LogP contribution in [0, 0.1) is 6.92 Å². The van der Waals surface area contributed by atoms with Crippen LogP contribution in [0.4, 0.5) is 4.79 Å². The molecule has 606 valence electrons. The van der Waals surface area contributed by atoms with Gasteiger partial charge in [0.1, 0.15) is 60.3 Å². The molecule has 1 aromatic heterocycles. The Hall–Kier alpha value is -10.5. The van der Waals surface area contributed by atoms with Crippen LogP contribution in [0.3, 0.4) is 0 Å². The SMILES string of the molecule is CC(=O)NCCCC[C@H](NC(=O)[C@H](Cc1c[nH]c2c(C)cccc12)NC(=O)[C@@H](NC(=O)[C@H](CC(N)=O)NC(=O)[C@@H](NC(C)=O)C(C)(C)SC(c1ccccc1)(c1ccccc1)c1ccccc1)[C@@H](C)OC(C)(C)C)C(=O)N[C@H](C(=O)N[C@@H](Cc1ccc(OCCNC(=O)OC(C)(C)C)cc1)C(=O)O)C(C)(C)SCNC(C)=O. The van der Waals surface area contributed by atoms with Crippen LogP contribution in [-0.4, -0.2) is 176 Å². The number of amides is 11. The highest BCUT2D eigenvalue weighted by molar-refractivity contribution is 8.02. The van der Waals surface area contributed by atoms with Crippen LogP contribution in [0.2, 0.25) is 0 Å². The summed E-state index contributed by atoms with van der Waals surface area (Å²) in [5.74, 6) is -9.25. The Balaban J connectivity index is 1.35. The molecule has 0 saturated carbocycles. The molecule has 5 aromatic carbocycles. The average molecular weight is 1580 g/mol. The molecule has 0 bridgehead atoms. The third kappa shape index (κ3) is 27.8. The number of H-pyrrole nitrogens is 1. The molecule has 6 rings (SSSR count). The monoisotopic (exact) mass is 1580 g/mol. The van der Waals surface area contributed by atoms with Crippen LogP contribution in [0.1, 0.15) is 156 Å². The zero-order valence-electron chi connectivity index (χ0n) is 66.4. The van der Waals surface area contributed by atoms with E-state index in [0.29, 0.717) is 34.2 Å². The van der Waals surface area contributed by atoms with E-state index in [1.165, 1.54) is 39.5 Å². The molecule has 112 heavy (non-hydrogen) atoms. The number of carbonyl (C=O) groups is 12. The van der Waals surface area contributed by atoms with Crippen LogP contribution in [-0.2, 0) is 79.8 Å². The quantitative estimate of drug-likeness (QED) is 0.0103. The average Bonchev–Trinajstić information content (AvgIpc) is 0.938. The molecule has 11 amide bonds. The number of aliphatic carboxylic acids is 1. The van der Waals surface area contributed by atoms with Gasteiger partial charge in [0, 0.05) is 66.8 Å². The van der Waals surface area contributed by atoms with Crippen molar-refractivity contribution in [3.63, 3.8) is 0 Å². The molecule has 0 unspecified atom stereocenters. The molecule has 0 spiro atoms. The number of carboxylic acid groups (broad SMARTS) is 1. The third-order valence-electron chi connectivity index (χ3n) is 17.9. The fraction of sp³-hybridized carbons (Fsp3) is 0.463. The van der Waals surface area contributed by atoms with E-state index in [1.807, 2.05) is 110 Å². The Morgan fingerprint density at radius 2 is 1.04 bits per heavy atom. The number of nitrogens with one attached hydrogen (secondary N) is 11. The first-order valence-corrected chi connectivity index (χ1v) is 38.9. The summed E-state index contributed by atoms with van der Waals surface area (Å²) in [4.78, 5) is 171. The number of aryl methyl sites for hydroxylation is 1. The number of aromatic amines is 1. The first-order chi connectivity index (χ1) is 52.6. The summed E-state index contributed by atoms with van der Waals surface area (Å²) < 4.78 is 13.7. The van der Waals surface area contributed by atoms with Gasteiger partial charge in [0.2, 0.25) is 59.1 Å². The Morgan fingerprint density at radius 3 is 1.57 bits per heavy atom. The number of hydrogen-bond donors (Lipinski definition) is 13. The highest BCUT2D eigenvalue weighted by Gasteiger charge is 2.49. The van der Waals surface area contributed by atoms with Crippen molar-refractivity contribution in [1.82, 2.24) is 58.2 Å². The lowest BCUT2D eigenvalue weighted by Gasteiger charge is -2.44. The van der Waals surface area contributed by atoms with Gasteiger partial charge in [-0.05, 0) is 148 Å². The zero-order valence-corrected chi connectivity index (χ0v) is 68.1. The Labute approximate surface area is 663 Å². The van der Waals surface area contributed by atoms with Gasteiger partial charge < -0.3 is 83.2 Å². The highest BCUT2D eigenvalue weighted by atomic mass is 32.2. The fourth-order valence-electron chi connectivity index (χ4n) is 12.6. The maximum Gasteiger partial charge on any atom is 0.407 e. The van der Waals surface area contributed by atoms with E-state index >= 15 is 24.0 Å². The summed E-state index contributed by atoms with van der Waals surface area (Å²) in [6, 6.07) is 29.5. The van der Waals surface area contributed by atoms with Crippen LogP contribution in [0.5, 0.6) is 5.75 Å². The fourth-order valence-corrected chi connectivity index (χ4v) is 15.4. The lowest BCUT2D eigenvalue weighted by atomic mass is 9.84. The molecular formula is C82H110N12O16S2. The number of rotatable bonds is 41. The van der Waals surface area contributed by atoms with Gasteiger partial charge in [-0.3, -0.25) is 47.9 Å². The van der Waals surface area contributed by atoms with Crippen molar-refractivity contribution in [2.45, 2.75) is 216 Å². The van der Waals surface area contributed by atoms with Crippen molar-refractivity contribution >= 4 is 106 Å². The van der Waals surface area contributed by atoms with E-state index in [1.54, 1.807) is 106 Å². The number of hydrogen-bond acceptors (Lipinski definition) is 17. The maximum absolute atomic E-state index is 15.6. The van der Waals surface area contributed by atoms with Gasteiger partial charge in [-0.25, -0.2) is 9.59 Å². The van der Waals surface area contributed by atoms with Gasteiger partial charge in [-0.15, -0.1) is 23.5 Å². The molecule has 0 aliphatic carbocycles. The zero-order chi connectivity index (χ0) is 82.9. The molecule has 0 saturated heterocycles. The smallest absolute Gasteiger partial charge is 0.407 e. The number of carbonyl (C=O) groups excluding carboxylic acids is 11. The standard InChI is InChI=1S/C82H110N12O16S2/c1-49-28-27-35-60-55(47-86-66(49)60)45-62(71(100)89-61(36-25-26-41-84-51(3)95)70(99)94-68(80(12,13)111-48-87-52(4)96)74(103)92-64(76(105)106)44-54-37-39-59(40-38-54)108-43-42-85-77(107)110-79(9,10)11)90-73(102)67(50(2)109-78(6,7)8)93-72(101)63(46-65(83)98)91-75(104)69(88-53(5)97)81(14,15)112-82(56-29-19-16-20-30-56,57-31-21-17-22-32-57)58-33-23-18-24-34-58/h16-24,27-35,37-40,47,50,61-64,67-69,86H,25-26,36,41-46,48H2,1-15H3,(H2,83,98)(H,84,95)(H,85,107)(H,87,96)(H,88,97)(H,89,100)(H,90,102)(H,91,104)(H,92,103)(H,93,101)(H,94,99)(H,105,106)/t50-,61+,62+,63+,64+,67+,68-,69-/m1/s1. The lowest BCUT2D eigenvalue weighted by Crippen LogP contribution is -2.64. The van der Waals surface area contributed by atoms with E-state index in [2.05, 4.69) is 58.2 Å². The molecular weight excluding hydrogens is 1470 g/mol. The first kappa shape index (κ1) is 90.4. The number of carboxylic acids is 1. The summed E-state index contributed by atoms with van der Waals surface area (Å²) in [6.45, 7) is 24.7. The van der Waals surface area contributed by atoms with Gasteiger partial charge in [-0.2, -0.15) is 0 Å². The minimum atomic E-state index is -1.80. The summed E-state index contributed by atoms with van der Waals surface area (Å²) in [6.07, 6.45) is -1.18. The molecule has 28 nitrogen and oxygen atoms in total. The molecule has 0 aliphatic heterocycles. The van der Waals surface area contributed by atoms with Gasteiger partial charge in [-0.1, -0.05) is 121 Å². The Bertz CT molecular complexity index is 4130. The van der Waals surface area contributed by atoms with Crippen molar-refractivity contribution in [3.05, 3.63) is 173 Å². The number of aromatic nitrogens is 1. The van der Waals surface area contributed by atoms with Crippen LogP contribution in [0.25, 0.3) is 10.9 Å². The van der Waals surface area contributed by atoms with Crippen molar-refractivity contribution in [2.75, 3.05) is 25.6 Å². The number of ether oxygens (including phenoxy) is 3. The molecule has 0 aliphatic rings. The molecule has 0 radical (unpaired) electrons. The summed E-state index contributed by atoms with van der Waals surface area (Å²) in [5.41, 5.74) is 9.25. The summed E-state index contributed by atoms with van der Waals surface area (Å²) >= 11 is 2.43. The second kappa shape index (κ2) is 41.2. The van der Waals surface area contributed by atoms with Crippen molar-refractivity contribution in [2.24, 2.45) is 5.73 Å². The second-order valence-corrected chi connectivity index (χ2v) is 34.0. The van der Waals surface area contributed by atoms with E-state index in [9.17, 15) is 38.7 Å². The minimum absolute atomic E-state index is 0.0624. The van der Waals surface area contributed by atoms with E-state index in [0.717, 1.165) is 34.0 Å². The van der Waals surface area contributed by atoms with Crippen LogP contribution >= 0.6 is 23.5 Å². The molecule has 14 N–H and O–H groups in total. The number of para-hydroxylation sites is 1. The third-order valence-corrected chi connectivity index (χ3v) is 21.0. The van der Waals surface area contributed by atoms with Gasteiger partial charge in [0.15, 0.2) is 0 Å². The number of alkyl carbamates (subject to hydrolysis) is 1. The van der Waals surface area contributed by atoms with E-state index in [4.69, 9.17) is 19.9 Å². The predicted octanol–water partition coefficient (Wildman–Crippen LogP) is 7.16. The van der Waals surface area contributed by atoms with Crippen LogP contribution in [0.15, 0.2) is 140 Å². The minimum Gasteiger partial charge on any atom is -0.492 e. The van der Waals surface area contributed by atoms with Gasteiger partial charge >= 0.3 is 12.1 Å². The van der Waals surface area contributed by atoms with Crippen molar-refractivity contribution < 1.29 is 76.9 Å². The maximum atomic E-state index is 15.6. The summed E-state index contributed by atoms with van der Waals surface area (Å²) in [7, 11) is 0. The number of fused-ring (bicyclic) bond motifs is 1. The molecule has 1 heterocycles. The molecule has 30 heteroatoms. The Morgan fingerprint density at radius 1 is 0.518 bits per heavy atom. The number of nitrogens with two attached hydrogens (primary N) is 1. The predicted molar refractivity (Wildman–Crippen MR) is 431 cm³/mol. The number of primary amides is 1. The molecule has 0 fully saturated rings. The highest BCUT2D eigenvalue weighted by Crippen LogP contribution is 2.54. The number of unbranched alkanes of at least 4 members (excludes halogenated alkanes) is 1. The second-order valence-electron chi connectivity index (χ2n) is 30.5. The van der Waals surface area contributed by atoms with Crippen LogP contribution < -0.4 is 63.6 Å². The van der Waals surface area contributed by atoms with Gasteiger partial charge in [0.05, 0.1) is 35.3 Å². The lowest BCUT2D eigenvalue weighted by molar-refractivity contribution is -0.142. The topological polar surface area (TPSA) is 415 Å². The summed E-state index contributed by atoms with van der Waals surface area (Å²) in [5, 5.41) is 38.5. The normalized spacial score (nSPS) is 14.0. The largest absolute Gasteiger partial charge is 0.492 e. The molecule has 8 atom stereocenters. The van der Waals surface area contributed by atoms with E-state index in [-0.39, 0.29) is 57.2 Å². The van der Waals surface area contributed by atoms with Crippen molar-refractivity contribution in [1.29, 1.82) is 0 Å².